The molecule has 0 saturated heterocycles. The van der Waals surface area contributed by atoms with Crippen molar-refractivity contribution in [1.82, 2.24) is 19.4 Å². The largest absolute Gasteiger partial charge is 0.338 e. The number of benzene rings is 1. The minimum atomic E-state index is -0.235. The number of nitrogens with zero attached hydrogens (tertiary/aromatic N) is 5. The molecule has 156 valence electrons. The van der Waals surface area contributed by atoms with Crippen molar-refractivity contribution in [3.05, 3.63) is 47.7 Å². The summed E-state index contributed by atoms with van der Waals surface area (Å²) in [5.41, 5.74) is 4.53. The first-order chi connectivity index (χ1) is 15.0. The van der Waals surface area contributed by atoms with Gasteiger partial charge in [-0.05, 0) is 31.2 Å². The molecule has 3 aliphatic rings. The van der Waals surface area contributed by atoms with Crippen LogP contribution in [0.5, 0.6) is 0 Å². The number of likely N-dealkylation sites (N-methyl/N-ethyl adjacent to an activating group) is 1. The van der Waals surface area contributed by atoms with Gasteiger partial charge >= 0.3 is 0 Å². The zero-order chi connectivity index (χ0) is 21.3. The second-order valence-electron chi connectivity index (χ2n) is 8.55. The SMILES string of the molecule is C[C@H]1C(=O)N(C)Cc2c(-c3cccc4cc(C5=NSC(=O)C5)ncc34)nc(C3CC3)n21. The van der Waals surface area contributed by atoms with E-state index in [9.17, 15) is 9.59 Å². The van der Waals surface area contributed by atoms with Gasteiger partial charge < -0.3 is 9.47 Å². The van der Waals surface area contributed by atoms with Crippen LogP contribution in [0.25, 0.3) is 22.0 Å². The number of imidazole rings is 1. The first-order valence-electron chi connectivity index (χ1n) is 10.5. The Bertz CT molecular complexity index is 1310. The summed E-state index contributed by atoms with van der Waals surface area (Å²) in [5.74, 6) is 1.62. The smallest absolute Gasteiger partial charge is 0.245 e. The molecular weight excluding hydrogens is 410 g/mol. The van der Waals surface area contributed by atoms with Crippen LogP contribution in [0, 0.1) is 0 Å². The van der Waals surface area contributed by atoms with E-state index in [1.807, 2.05) is 32.3 Å². The van der Waals surface area contributed by atoms with Crippen LogP contribution in [-0.4, -0.2) is 43.2 Å². The van der Waals surface area contributed by atoms with E-state index in [0.717, 1.165) is 69.7 Å². The standard InChI is InChI=1S/C23H21N5O2S/c1-12-23(30)27(2)11-19-21(25-22(28(12)19)13-6-7-13)15-5-3-4-14-8-17(24-10-16(14)15)18-9-20(29)31-26-18/h3-5,8,10,12-13H,6-7,9,11H2,1-2H3/t12-/m0/s1. The number of aromatic nitrogens is 3. The normalized spacial score (nSPS) is 21.0. The van der Waals surface area contributed by atoms with Crippen molar-refractivity contribution in [3.8, 4) is 11.3 Å². The summed E-state index contributed by atoms with van der Waals surface area (Å²) in [6.07, 6.45) is 4.44. The summed E-state index contributed by atoms with van der Waals surface area (Å²) in [4.78, 5) is 35.7. The Balaban J connectivity index is 1.51. The molecule has 0 radical (unpaired) electrons. The number of carbonyl (C=O) groups excluding carboxylic acids is 2. The van der Waals surface area contributed by atoms with Crippen molar-refractivity contribution in [2.45, 2.75) is 44.7 Å². The molecule has 0 N–H and O–H groups in total. The molecule has 1 atom stereocenters. The molecule has 4 heterocycles. The Kier molecular flexibility index (Phi) is 4.08. The van der Waals surface area contributed by atoms with Crippen molar-refractivity contribution in [3.63, 3.8) is 0 Å². The second kappa shape index (κ2) is 6.75. The van der Waals surface area contributed by atoms with Crippen LogP contribution in [0.3, 0.4) is 0 Å². The summed E-state index contributed by atoms with van der Waals surface area (Å²) in [5, 5.41) is 2.10. The number of hydrogen-bond donors (Lipinski definition) is 0. The van der Waals surface area contributed by atoms with Crippen molar-refractivity contribution >= 4 is 39.5 Å². The van der Waals surface area contributed by atoms with Crippen molar-refractivity contribution in [2.24, 2.45) is 4.40 Å². The first-order valence-corrected chi connectivity index (χ1v) is 11.3. The number of fused-ring (bicyclic) bond motifs is 2. The topological polar surface area (TPSA) is 80.5 Å². The molecule has 31 heavy (non-hydrogen) atoms. The summed E-state index contributed by atoms with van der Waals surface area (Å²) < 4.78 is 6.43. The van der Waals surface area contributed by atoms with E-state index in [2.05, 4.69) is 26.1 Å². The molecule has 7 nitrogen and oxygen atoms in total. The van der Waals surface area contributed by atoms with Gasteiger partial charge in [0.1, 0.15) is 11.9 Å². The highest BCUT2D eigenvalue weighted by atomic mass is 32.2. The van der Waals surface area contributed by atoms with Gasteiger partial charge in [-0.15, -0.1) is 0 Å². The Morgan fingerprint density at radius 3 is 2.77 bits per heavy atom. The van der Waals surface area contributed by atoms with Crippen LogP contribution in [0.4, 0.5) is 0 Å². The molecule has 0 unspecified atom stereocenters. The van der Waals surface area contributed by atoms with Crippen LogP contribution in [-0.2, 0) is 16.1 Å². The molecule has 1 fully saturated rings. The molecule has 6 rings (SSSR count). The van der Waals surface area contributed by atoms with Crippen LogP contribution in [0.1, 0.15) is 55.4 Å². The Morgan fingerprint density at radius 1 is 1.19 bits per heavy atom. The highest BCUT2D eigenvalue weighted by Crippen LogP contribution is 2.45. The lowest BCUT2D eigenvalue weighted by Gasteiger charge is -2.31. The maximum Gasteiger partial charge on any atom is 0.245 e. The lowest BCUT2D eigenvalue weighted by Crippen LogP contribution is -2.39. The third kappa shape index (κ3) is 2.92. The molecule has 8 heteroatoms. The number of amides is 1. The van der Waals surface area contributed by atoms with Crippen molar-refractivity contribution in [2.75, 3.05) is 7.05 Å². The van der Waals surface area contributed by atoms with Crippen molar-refractivity contribution < 1.29 is 9.59 Å². The lowest BCUT2D eigenvalue weighted by atomic mass is 10.0. The monoisotopic (exact) mass is 431 g/mol. The van der Waals surface area contributed by atoms with Gasteiger partial charge in [0.15, 0.2) is 0 Å². The van der Waals surface area contributed by atoms with Crippen LogP contribution < -0.4 is 0 Å². The molecule has 0 spiro atoms. The number of pyridine rings is 1. The van der Waals surface area contributed by atoms with Crippen LogP contribution >= 0.6 is 11.9 Å². The minimum Gasteiger partial charge on any atom is -0.338 e. The molecule has 2 aromatic heterocycles. The molecular formula is C23H21N5O2S. The van der Waals surface area contributed by atoms with E-state index in [-0.39, 0.29) is 17.1 Å². The highest BCUT2D eigenvalue weighted by Gasteiger charge is 2.38. The summed E-state index contributed by atoms with van der Waals surface area (Å²) in [7, 11) is 1.86. The third-order valence-corrected chi connectivity index (χ3v) is 7.03. The van der Waals surface area contributed by atoms with Gasteiger partial charge in [0.25, 0.3) is 0 Å². The second-order valence-corrected chi connectivity index (χ2v) is 9.37. The first kappa shape index (κ1) is 18.7. The zero-order valence-corrected chi connectivity index (χ0v) is 18.1. The summed E-state index contributed by atoms with van der Waals surface area (Å²) >= 11 is 0.997. The van der Waals surface area contributed by atoms with Crippen molar-refractivity contribution in [1.29, 1.82) is 0 Å². The summed E-state index contributed by atoms with van der Waals surface area (Å²) in [6, 6.07) is 7.93. The molecule has 1 amide bonds. The van der Waals surface area contributed by atoms with Gasteiger partial charge in [0, 0.05) is 30.1 Å². The van der Waals surface area contributed by atoms with Crippen LogP contribution in [0.2, 0.25) is 0 Å². The molecule has 1 aromatic carbocycles. The Morgan fingerprint density at radius 2 is 2.03 bits per heavy atom. The van der Waals surface area contributed by atoms with Gasteiger partial charge in [-0.25, -0.2) is 9.38 Å². The zero-order valence-electron chi connectivity index (χ0n) is 17.3. The van der Waals surface area contributed by atoms with E-state index in [1.165, 1.54) is 0 Å². The average molecular weight is 432 g/mol. The van der Waals surface area contributed by atoms with Gasteiger partial charge in [-0.1, -0.05) is 18.2 Å². The summed E-state index contributed by atoms with van der Waals surface area (Å²) in [6.45, 7) is 2.52. The Hall–Kier alpha value is -3.00. The Labute approximate surface area is 183 Å². The fourth-order valence-corrected chi connectivity index (χ4v) is 5.20. The number of rotatable bonds is 3. The maximum absolute atomic E-state index is 12.7. The maximum atomic E-state index is 12.7. The van der Waals surface area contributed by atoms with Gasteiger partial charge in [-0.2, -0.15) is 0 Å². The molecule has 1 aliphatic carbocycles. The van der Waals surface area contributed by atoms with Gasteiger partial charge in [0.2, 0.25) is 11.0 Å². The van der Waals surface area contributed by atoms with Gasteiger partial charge in [-0.3, -0.25) is 14.6 Å². The fourth-order valence-electron chi connectivity index (χ4n) is 4.63. The number of hydrogen-bond acceptors (Lipinski definition) is 6. The van der Waals surface area contributed by atoms with E-state index in [0.29, 0.717) is 18.9 Å². The molecule has 2 aliphatic heterocycles. The molecule has 3 aromatic rings. The fraction of sp³-hybridized carbons (Fsp3) is 0.348. The van der Waals surface area contributed by atoms with E-state index in [1.54, 1.807) is 4.90 Å². The quantitative estimate of drug-likeness (QED) is 0.588. The minimum absolute atomic E-state index is 0.0516. The lowest BCUT2D eigenvalue weighted by molar-refractivity contribution is -0.135. The average Bonchev–Trinajstić information content (AvgIpc) is 3.42. The predicted molar refractivity (Wildman–Crippen MR) is 120 cm³/mol. The molecule has 1 saturated carbocycles. The van der Waals surface area contributed by atoms with E-state index < -0.39 is 0 Å². The predicted octanol–water partition coefficient (Wildman–Crippen LogP) is 3.88. The highest BCUT2D eigenvalue weighted by molar-refractivity contribution is 8.13. The van der Waals surface area contributed by atoms with E-state index >= 15 is 0 Å². The van der Waals surface area contributed by atoms with Gasteiger partial charge in [0.05, 0.1) is 47.7 Å². The molecule has 0 bridgehead atoms. The van der Waals surface area contributed by atoms with Crippen LogP contribution in [0.15, 0.2) is 34.9 Å². The number of carbonyl (C=O) groups is 2. The van der Waals surface area contributed by atoms with E-state index in [4.69, 9.17) is 4.98 Å². The third-order valence-electron chi connectivity index (χ3n) is 6.37.